The second-order valence-corrected chi connectivity index (χ2v) is 5.76. The van der Waals surface area contributed by atoms with E-state index in [1.165, 1.54) is 12.1 Å². The Labute approximate surface area is 156 Å². The predicted octanol–water partition coefficient (Wildman–Crippen LogP) is 3.98. The number of nitrogens with one attached hydrogen (secondary N) is 1. The Morgan fingerprint density at radius 1 is 0.667 bits per heavy atom. The first-order valence-corrected chi connectivity index (χ1v) is 8.35. The lowest BCUT2D eigenvalue weighted by molar-refractivity contribution is 0.0475. The van der Waals surface area contributed by atoms with Crippen molar-refractivity contribution < 1.29 is 19.1 Å². The van der Waals surface area contributed by atoms with Crippen LogP contribution in [0.3, 0.4) is 0 Å². The van der Waals surface area contributed by atoms with E-state index in [0.717, 1.165) is 0 Å². The predicted molar refractivity (Wildman–Crippen MR) is 102 cm³/mol. The highest BCUT2D eigenvalue weighted by Crippen LogP contribution is 2.12. The highest BCUT2D eigenvalue weighted by Gasteiger charge is 2.12. The number of rotatable bonds is 6. The molecular formula is C22H17NO4. The van der Waals surface area contributed by atoms with Gasteiger partial charge >= 0.3 is 5.97 Å². The first-order valence-electron chi connectivity index (χ1n) is 8.35. The van der Waals surface area contributed by atoms with E-state index in [1.807, 2.05) is 6.07 Å². The van der Waals surface area contributed by atoms with Crippen LogP contribution < -0.4 is 5.32 Å². The van der Waals surface area contributed by atoms with Gasteiger partial charge in [-0.25, -0.2) is 4.79 Å². The number of amides is 1. The van der Waals surface area contributed by atoms with Crippen LogP contribution in [-0.4, -0.2) is 24.3 Å². The van der Waals surface area contributed by atoms with Gasteiger partial charge in [-0.2, -0.15) is 0 Å². The van der Waals surface area contributed by atoms with Crippen LogP contribution in [0.25, 0.3) is 0 Å². The molecule has 5 heteroatoms. The first-order chi connectivity index (χ1) is 13.1. The minimum absolute atomic E-state index is 0.237. The van der Waals surface area contributed by atoms with Crippen molar-refractivity contribution in [2.24, 2.45) is 0 Å². The van der Waals surface area contributed by atoms with Crippen molar-refractivity contribution in [1.82, 2.24) is 0 Å². The summed E-state index contributed by atoms with van der Waals surface area (Å²) in [5.41, 5.74) is 1.89. The van der Waals surface area contributed by atoms with Crippen LogP contribution in [0, 0.1) is 0 Å². The number of anilines is 1. The van der Waals surface area contributed by atoms with Crippen molar-refractivity contribution in [2.45, 2.75) is 0 Å². The summed E-state index contributed by atoms with van der Waals surface area (Å²) in [6, 6.07) is 23.8. The van der Waals surface area contributed by atoms with Crippen LogP contribution >= 0.6 is 0 Å². The highest BCUT2D eigenvalue weighted by atomic mass is 16.5. The van der Waals surface area contributed by atoms with E-state index in [-0.39, 0.29) is 18.3 Å². The van der Waals surface area contributed by atoms with Crippen LogP contribution in [-0.2, 0) is 4.74 Å². The molecule has 0 aliphatic carbocycles. The third-order valence-electron chi connectivity index (χ3n) is 3.84. The van der Waals surface area contributed by atoms with Crippen LogP contribution in [0.15, 0.2) is 84.9 Å². The van der Waals surface area contributed by atoms with E-state index in [4.69, 9.17) is 4.74 Å². The second kappa shape index (κ2) is 8.58. The Bertz CT molecular complexity index is 935. The number of Topliss-reactive ketones (excluding diaryl/α,β-unsaturated/α-hetero) is 1. The zero-order valence-corrected chi connectivity index (χ0v) is 14.4. The van der Waals surface area contributed by atoms with Crippen molar-refractivity contribution >= 4 is 23.3 Å². The van der Waals surface area contributed by atoms with Gasteiger partial charge in [-0.1, -0.05) is 48.5 Å². The molecule has 0 aliphatic rings. The molecule has 3 rings (SSSR count). The number of ketones is 1. The van der Waals surface area contributed by atoms with Gasteiger partial charge in [-0.3, -0.25) is 9.59 Å². The summed E-state index contributed by atoms with van der Waals surface area (Å²) in [7, 11) is 0. The van der Waals surface area contributed by atoms with Gasteiger partial charge in [-0.15, -0.1) is 0 Å². The van der Waals surface area contributed by atoms with E-state index in [2.05, 4.69) is 5.32 Å². The lowest BCUT2D eigenvalue weighted by Crippen LogP contribution is -2.14. The molecule has 3 aromatic carbocycles. The fourth-order valence-corrected chi connectivity index (χ4v) is 2.40. The van der Waals surface area contributed by atoms with Crippen molar-refractivity contribution in [1.29, 1.82) is 0 Å². The van der Waals surface area contributed by atoms with Crippen LogP contribution in [0.4, 0.5) is 5.69 Å². The molecule has 0 unspecified atom stereocenters. The van der Waals surface area contributed by atoms with E-state index in [0.29, 0.717) is 22.4 Å². The molecule has 0 heterocycles. The fraction of sp³-hybridized carbons (Fsp3) is 0.0455. The summed E-state index contributed by atoms with van der Waals surface area (Å²) in [4.78, 5) is 36.1. The molecule has 0 aromatic heterocycles. The fourth-order valence-electron chi connectivity index (χ4n) is 2.40. The van der Waals surface area contributed by atoms with E-state index < -0.39 is 5.97 Å². The lowest BCUT2D eigenvalue weighted by Gasteiger charge is -2.07. The lowest BCUT2D eigenvalue weighted by atomic mass is 10.1. The molecule has 0 saturated heterocycles. The Kier molecular flexibility index (Phi) is 5.74. The number of hydrogen-bond donors (Lipinski definition) is 1. The van der Waals surface area contributed by atoms with Gasteiger partial charge in [0.15, 0.2) is 12.4 Å². The molecule has 0 fully saturated rings. The van der Waals surface area contributed by atoms with Crippen molar-refractivity contribution in [3.8, 4) is 0 Å². The molecule has 0 radical (unpaired) electrons. The third kappa shape index (κ3) is 4.89. The number of ether oxygens (including phenoxy) is 1. The van der Waals surface area contributed by atoms with Crippen LogP contribution in [0.5, 0.6) is 0 Å². The first kappa shape index (κ1) is 18.1. The number of benzene rings is 3. The molecule has 0 aliphatic heterocycles. The van der Waals surface area contributed by atoms with Crippen LogP contribution in [0.1, 0.15) is 31.1 Å². The SMILES string of the molecule is O=C(COC(=O)c1ccc(NC(=O)c2ccccc2)cc1)c1ccccc1. The van der Waals surface area contributed by atoms with Gasteiger partial charge in [0.1, 0.15) is 0 Å². The molecule has 0 bridgehead atoms. The summed E-state index contributed by atoms with van der Waals surface area (Å²) in [5, 5.41) is 2.75. The highest BCUT2D eigenvalue weighted by molar-refractivity contribution is 6.04. The van der Waals surface area contributed by atoms with E-state index >= 15 is 0 Å². The van der Waals surface area contributed by atoms with E-state index in [9.17, 15) is 14.4 Å². The zero-order chi connectivity index (χ0) is 19.1. The summed E-state index contributed by atoms with van der Waals surface area (Å²) >= 11 is 0. The minimum Gasteiger partial charge on any atom is -0.454 e. The second-order valence-electron chi connectivity index (χ2n) is 5.76. The number of carbonyl (C=O) groups is 3. The van der Waals surface area contributed by atoms with Gasteiger partial charge in [0, 0.05) is 16.8 Å². The molecule has 5 nitrogen and oxygen atoms in total. The van der Waals surface area contributed by atoms with Gasteiger partial charge in [0.05, 0.1) is 5.56 Å². The summed E-state index contributed by atoms with van der Waals surface area (Å²) in [5.74, 6) is -1.10. The van der Waals surface area contributed by atoms with Crippen molar-refractivity contribution in [3.63, 3.8) is 0 Å². The maximum absolute atomic E-state index is 12.1. The average molecular weight is 359 g/mol. The molecule has 1 amide bonds. The molecule has 134 valence electrons. The molecule has 0 saturated carbocycles. The maximum Gasteiger partial charge on any atom is 0.338 e. The quantitative estimate of drug-likeness (QED) is 0.534. The normalized spacial score (nSPS) is 10.1. The zero-order valence-electron chi connectivity index (χ0n) is 14.4. The summed E-state index contributed by atoms with van der Waals surface area (Å²) in [6.07, 6.45) is 0. The molecule has 3 aromatic rings. The van der Waals surface area contributed by atoms with Crippen LogP contribution in [0.2, 0.25) is 0 Å². The van der Waals surface area contributed by atoms with Gasteiger partial charge in [0.25, 0.3) is 5.91 Å². The Morgan fingerprint density at radius 2 is 1.22 bits per heavy atom. The number of esters is 1. The van der Waals surface area contributed by atoms with Crippen molar-refractivity contribution in [3.05, 3.63) is 102 Å². The Balaban J connectivity index is 1.56. The van der Waals surface area contributed by atoms with Gasteiger partial charge in [0.2, 0.25) is 0 Å². The average Bonchev–Trinajstić information content (AvgIpc) is 2.73. The summed E-state index contributed by atoms with van der Waals surface area (Å²) in [6.45, 7) is -0.324. The van der Waals surface area contributed by atoms with Crippen molar-refractivity contribution in [2.75, 3.05) is 11.9 Å². The maximum atomic E-state index is 12.1. The van der Waals surface area contributed by atoms with Gasteiger partial charge in [-0.05, 0) is 36.4 Å². The standard InChI is InChI=1S/C22H17NO4/c24-20(16-7-3-1-4-8-16)15-27-22(26)18-11-13-19(14-12-18)23-21(25)17-9-5-2-6-10-17/h1-14H,15H2,(H,23,25). The molecule has 1 N–H and O–H groups in total. The minimum atomic E-state index is -0.597. The van der Waals surface area contributed by atoms with E-state index in [1.54, 1.807) is 66.7 Å². The Hall–Kier alpha value is -3.73. The molecule has 27 heavy (non-hydrogen) atoms. The molecule has 0 atom stereocenters. The topological polar surface area (TPSA) is 72.5 Å². The Morgan fingerprint density at radius 3 is 1.81 bits per heavy atom. The smallest absolute Gasteiger partial charge is 0.338 e. The monoisotopic (exact) mass is 359 g/mol. The van der Waals surface area contributed by atoms with Gasteiger partial charge < -0.3 is 10.1 Å². The largest absolute Gasteiger partial charge is 0.454 e. The number of carbonyl (C=O) groups excluding carboxylic acids is 3. The number of hydrogen-bond acceptors (Lipinski definition) is 4. The molecule has 0 spiro atoms. The summed E-state index contributed by atoms with van der Waals surface area (Å²) < 4.78 is 5.06. The molecular weight excluding hydrogens is 342 g/mol. The third-order valence-corrected chi connectivity index (χ3v) is 3.84.